The van der Waals surface area contributed by atoms with E-state index in [1.54, 1.807) is 0 Å². The van der Waals surface area contributed by atoms with E-state index in [9.17, 15) is 5.11 Å². The highest BCUT2D eigenvalue weighted by atomic mass is 16.5. The van der Waals surface area contributed by atoms with Crippen molar-refractivity contribution >= 4 is 0 Å². The summed E-state index contributed by atoms with van der Waals surface area (Å²) in [6.07, 6.45) is 4.96. The molecule has 0 radical (unpaired) electrons. The molecule has 0 spiro atoms. The van der Waals surface area contributed by atoms with Gasteiger partial charge < -0.3 is 15.2 Å². The molecule has 1 fully saturated rings. The maximum atomic E-state index is 9.63. The molecular formula is C12H25NO2. The van der Waals surface area contributed by atoms with E-state index in [1.807, 2.05) is 0 Å². The summed E-state index contributed by atoms with van der Waals surface area (Å²) in [6.45, 7) is 6.41. The molecule has 0 aromatic rings. The Hall–Kier alpha value is -0.120. The van der Waals surface area contributed by atoms with E-state index in [0.717, 1.165) is 6.54 Å². The second-order valence-corrected chi connectivity index (χ2v) is 4.95. The molecule has 0 amide bonds. The second-order valence-electron chi connectivity index (χ2n) is 4.95. The molecule has 2 N–H and O–H groups in total. The third kappa shape index (κ3) is 6.13. The molecule has 3 nitrogen and oxygen atoms in total. The van der Waals surface area contributed by atoms with Gasteiger partial charge in [-0.15, -0.1) is 0 Å². The van der Waals surface area contributed by atoms with E-state index in [2.05, 4.69) is 19.2 Å². The van der Waals surface area contributed by atoms with Crippen LogP contribution in [0.25, 0.3) is 0 Å². The fraction of sp³-hybridized carbons (Fsp3) is 1.00. The van der Waals surface area contributed by atoms with Crippen molar-refractivity contribution in [2.24, 2.45) is 5.92 Å². The first-order valence-electron chi connectivity index (χ1n) is 6.19. The molecule has 0 aromatic heterocycles. The Morgan fingerprint density at radius 2 is 1.93 bits per heavy atom. The Kier molecular flexibility index (Phi) is 6.22. The topological polar surface area (TPSA) is 41.5 Å². The zero-order chi connectivity index (χ0) is 11.1. The molecule has 0 aromatic carbocycles. The van der Waals surface area contributed by atoms with E-state index in [0.29, 0.717) is 25.2 Å². The first-order valence-corrected chi connectivity index (χ1v) is 6.19. The van der Waals surface area contributed by atoms with Crippen molar-refractivity contribution in [3.8, 4) is 0 Å². The average molecular weight is 215 g/mol. The Labute approximate surface area is 93.2 Å². The molecule has 1 aliphatic rings. The summed E-state index contributed by atoms with van der Waals surface area (Å²) in [7, 11) is 0. The van der Waals surface area contributed by atoms with E-state index < -0.39 is 0 Å². The van der Waals surface area contributed by atoms with Crippen LogP contribution in [0.15, 0.2) is 0 Å². The highest BCUT2D eigenvalue weighted by Gasteiger charge is 2.16. The van der Waals surface area contributed by atoms with Crippen LogP contribution in [0.5, 0.6) is 0 Å². The molecule has 1 aliphatic carbocycles. The lowest BCUT2D eigenvalue weighted by Gasteiger charge is -2.16. The number of hydrogen-bond acceptors (Lipinski definition) is 3. The van der Waals surface area contributed by atoms with E-state index in [4.69, 9.17) is 4.74 Å². The predicted molar refractivity (Wildman–Crippen MR) is 61.9 cm³/mol. The summed E-state index contributed by atoms with van der Waals surface area (Å²) in [6, 6.07) is 0. The van der Waals surface area contributed by atoms with Crippen molar-refractivity contribution in [2.75, 3.05) is 19.7 Å². The largest absolute Gasteiger partial charge is 0.389 e. The Morgan fingerprint density at radius 1 is 1.27 bits per heavy atom. The lowest BCUT2D eigenvalue weighted by atomic mass is 10.2. The summed E-state index contributed by atoms with van der Waals surface area (Å²) in [5.74, 6) is 0.632. The summed E-state index contributed by atoms with van der Waals surface area (Å²) >= 11 is 0. The van der Waals surface area contributed by atoms with Gasteiger partial charge in [0.1, 0.15) is 0 Å². The Morgan fingerprint density at radius 3 is 2.53 bits per heavy atom. The van der Waals surface area contributed by atoms with Crippen molar-refractivity contribution in [3.63, 3.8) is 0 Å². The molecule has 0 aliphatic heterocycles. The molecule has 0 unspecified atom stereocenters. The molecular weight excluding hydrogens is 190 g/mol. The van der Waals surface area contributed by atoms with Gasteiger partial charge in [-0.05, 0) is 25.3 Å². The molecule has 0 bridgehead atoms. The Bertz CT molecular complexity index is 156. The monoisotopic (exact) mass is 215 g/mol. The zero-order valence-electron chi connectivity index (χ0n) is 10.0. The van der Waals surface area contributed by atoms with E-state index >= 15 is 0 Å². The quantitative estimate of drug-likeness (QED) is 0.677. The van der Waals surface area contributed by atoms with Gasteiger partial charge in [-0.2, -0.15) is 0 Å². The molecule has 1 atom stereocenters. The smallest absolute Gasteiger partial charge is 0.0897 e. The highest BCUT2D eigenvalue weighted by Crippen LogP contribution is 2.20. The molecule has 0 heterocycles. The zero-order valence-corrected chi connectivity index (χ0v) is 10.0. The van der Waals surface area contributed by atoms with Gasteiger partial charge in [-0.1, -0.05) is 26.7 Å². The van der Waals surface area contributed by atoms with Gasteiger partial charge >= 0.3 is 0 Å². The number of aliphatic hydroxyl groups excluding tert-OH is 1. The van der Waals surface area contributed by atoms with Gasteiger partial charge in [0, 0.05) is 6.54 Å². The van der Waals surface area contributed by atoms with Crippen LogP contribution < -0.4 is 5.32 Å². The third-order valence-corrected chi connectivity index (χ3v) is 2.76. The van der Waals surface area contributed by atoms with Crippen LogP contribution in [0.1, 0.15) is 39.5 Å². The minimum Gasteiger partial charge on any atom is -0.389 e. The van der Waals surface area contributed by atoms with E-state index in [1.165, 1.54) is 25.7 Å². The Balaban J connectivity index is 1.95. The lowest BCUT2D eigenvalue weighted by molar-refractivity contribution is -0.00553. The number of ether oxygens (including phenoxy) is 1. The van der Waals surface area contributed by atoms with Crippen molar-refractivity contribution in [1.82, 2.24) is 5.32 Å². The average Bonchev–Trinajstić information content (AvgIpc) is 2.66. The van der Waals surface area contributed by atoms with Gasteiger partial charge in [0.15, 0.2) is 0 Å². The summed E-state index contributed by atoms with van der Waals surface area (Å²) in [5, 5.41) is 12.9. The minimum absolute atomic E-state index is 0.357. The van der Waals surface area contributed by atoms with Crippen molar-refractivity contribution in [2.45, 2.75) is 51.7 Å². The molecule has 3 heteroatoms. The SMILES string of the molecule is CC(C)CNC[C@H](O)COC1CCCC1. The number of hydrogen-bond donors (Lipinski definition) is 2. The van der Waals surface area contributed by atoms with Crippen LogP contribution in [0.3, 0.4) is 0 Å². The van der Waals surface area contributed by atoms with Crippen LogP contribution in [0.4, 0.5) is 0 Å². The van der Waals surface area contributed by atoms with Crippen molar-refractivity contribution in [1.29, 1.82) is 0 Å². The van der Waals surface area contributed by atoms with Crippen molar-refractivity contribution in [3.05, 3.63) is 0 Å². The van der Waals surface area contributed by atoms with Crippen LogP contribution >= 0.6 is 0 Å². The van der Waals surface area contributed by atoms with Gasteiger partial charge in [0.25, 0.3) is 0 Å². The van der Waals surface area contributed by atoms with Crippen molar-refractivity contribution < 1.29 is 9.84 Å². The first-order chi connectivity index (χ1) is 7.18. The number of aliphatic hydroxyl groups is 1. The minimum atomic E-state index is -0.357. The first kappa shape index (κ1) is 12.9. The lowest BCUT2D eigenvalue weighted by Crippen LogP contribution is -2.33. The van der Waals surface area contributed by atoms with Gasteiger partial charge in [0.2, 0.25) is 0 Å². The standard InChI is InChI=1S/C12H25NO2/c1-10(2)7-13-8-11(14)9-15-12-5-3-4-6-12/h10-14H,3-9H2,1-2H3/t11-/m0/s1. The maximum absolute atomic E-state index is 9.63. The van der Waals surface area contributed by atoms with Crippen LogP contribution in [-0.4, -0.2) is 37.0 Å². The van der Waals surface area contributed by atoms with Crippen LogP contribution in [-0.2, 0) is 4.74 Å². The predicted octanol–water partition coefficient (Wildman–Crippen LogP) is 1.55. The number of rotatable bonds is 7. The highest BCUT2D eigenvalue weighted by molar-refractivity contribution is 4.68. The number of nitrogens with one attached hydrogen (secondary N) is 1. The third-order valence-electron chi connectivity index (χ3n) is 2.76. The summed E-state index contributed by atoms with van der Waals surface area (Å²) < 4.78 is 5.63. The molecule has 0 saturated heterocycles. The van der Waals surface area contributed by atoms with Gasteiger partial charge in [0.05, 0.1) is 18.8 Å². The molecule has 1 saturated carbocycles. The molecule has 90 valence electrons. The normalized spacial score (nSPS) is 20.0. The molecule has 15 heavy (non-hydrogen) atoms. The summed E-state index contributed by atoms with van der Waals surface area (Å²) in [5.41, 5.74) is 0. The van der Waals surface area contributed by atoms with Gasteiger partial charge in [-0.25, -0.2) is 0 Å². The fourth-order valence-corrected chi connectivity index (χ4v) is 1.90. The molecule has 1 rings (SSSR count). The van der Waals surface area contributed by atoms with Gasteiger partial charge in [-0.3, -0.25) is 0 Å². The van der Waals surface area contributed by atoms with Crippen LogP contribution in [0, 0.1) is 5.92 Å². The fourth-order valence-electron chi connectivity index (χ4n) is 1.90. The maximum Gasteiger partial charge on any atom is 0.0897 e. The van der Waals surface area contributed by atoms with Crippen LogP contribution in [0.2, 0.25) is 0 Å². The second kappa shape index (κ2) is 7.20. The summed E-state index contributed by atoms with van der Waals surface area (Å²) in [4.78, 5) is 0. The van der Waals surface area contributed by atoms with E-state index in [-0.39, 0.29) is 6.10 Å².